The Morgan fingerprint density at radius 3 is 2.69 bits per heavy atom. The van der Waals surface area contributed by atoms with Crippen molar-refractivity contribution in [3.8, 4) is 11.8 Å². The van der Waals surface area contributed by atoms with Crippen LogP contribution in [0, 0.1) is 12.7 Å². The number of aromatic amines is 2. The molecule has 0 spiro atoms. The van der Waals surface area contributed by atoms with Crippen LogP contribution in [-0.2, 0) is 0 Å². The van der Waals surface area contributed by atoms with Crippen molar-refractivity contribution in [1.82, 2.24) is 30.0 Å². The van der Waals surface area contributed by atoms with Crippen LogP contribution in [0.25, 0.3) is 10.9 Å². The highest BCUT2D eigenvalue weighted by atomic mass is 19.1. The summed E-state index contributed by atoms with van der Waals surface area (Å²) in [6, 6.07) is 9.18. The topological polar surface area (TPSA) is 98.0 Å². The summed E-state index contributed by atoms with van der Waals surface area (Å²) in [6.45, 7) is 8.71. The molecule has 9 nitrogen and oxygen atoms in total. The van der Waals surface area contributed by atoms with E-state index in [-0.39, 0.29) is 11.8 Å². The number of hydrogen-bond acceptors (Lipinski definition) is 7. The van der Waals surface area contributed by atoms with Crippen molar-refractivity contribution in [3.05, 3.63) is 47.5 Å². The lowest BCUT2D eigenvalue weighted by molar-refractivity contribution is 0.270. The van der Waals surface area contributed by atoms with Crippen LogP contribution in [0.15, 0.2) is 30.3 Å². The zero-order chi connectivity index (χ0) is 23.9. The Kier molecular flexibility index (Phi) is 5.52. The van der Waals surface area contributed by atoms with Gasteiger partial charge in [0.15, 0.2) is 17.4 Å². The largest absolute Gasteiger partial charge is 0.421 e. The van der Waals surface area contributed by atoms with E-state index < -0.39 is 5.82 Å². The first-order chi connectivity index (χ1) is 17.1. The van der Waals surface area contributed by atoms with Crippen LogP contribution in [0.4, 0.5) is 21.8 Å². The molecule has 1 aliphatic carbocycles. The van der Waals surface area contributed by atoms with E-state index in [2.05, 4.69) is 47.2 Å². The number of hydrogen-bond donors (Lipinski definition) is 3. The lowest BCUT2D eigenvalue weighted by Gasteiger charge is -2.34. The van der Waals surface area contributed by atoms with Crippen LogP contribution >= 0.6 is 0 Å². The number of likely N-dealkylation sites (N-methyl/N-ethyl adjacent to an activating group) is 1. The number of fused-ring (bicyclic) bond motifs is 1. The van der Waals surface area contributed by atoms with Gasteiger partial charge in [0.25, 0.3) is 0 Å². The van der Waals surface area contributed by atoms with Crippen LogP contribution in [0.5, 0.6) is 11.8 Å². The minimum Gasteiger partial charge on any atom is -0.421 e. The molecule has 0 radical (unpaired) electrons. The first-order valence-electron chi connectivity index (χ1n) is 12.2. The van der Waals surface area contributed by atoms with Gasteiger partial charge in [-0.25, -0.2) is 4.39 Å². The number of aromatic nitrogens is 5. The molecular formula is C25H29FN8O. The molecular weight excluding hydrogens is 447 g/mol. The van der Waals surface area contributed by atoms with E-state index >= 15 is 4.39 Å². The zero-order valence-corrected chi connectivity index (χ0v) is 19.9. The quantitative estimate of drug-likeness (QED) is 0.356. The molecule has 2 fully saturated rings. The monoisotopic (exact) mass is 476 g/mol. The van der Waals surface area contributed by atoms with Gasteiger partial charge in [0.1, 0.15) is 11.6 Å². The molecule has 182 valence electrons. The summed E-state index contributed by atoms with van der Waals surface area (Å²) < 4.78 is 21.1. The molecule has 0 bridgehead atoms. The molecule has 1 aromatic carbocycles. The molecule has 0 amide bonds. The Balaban J connectivity index is 1.31. The van der Waals surface area contributed by atoms with Gasteiger partial charge in [-0.2, -0.15) is 15.1 Å². The van der Waals surface area contributed by atoms with Gasteiger partial charge >= 0.3 is 6.01 Å². The Hall–Kier alpha value is -3.66. The smallest absolute Gasteiger partial charge is 0.326 e. The fourth-order valence-electron chi connectivity index (χ4n) is 4.58. The standard InChI is InChI=1S/C25H29FN8O/c1-3-33-8-10-34(11-9-33)23-14-21(28-22-13-19(31-32-22)16-4-5-16)29-25(30-23)35-20-7-6-18-17(24(20)26)12-15(2)27-18/h6-7,12-14,16,27H,3-5,8-11H2,1-2H3,(H2,28,29,30,31,32). The highest BCUT2D eigenvalue weighted by molar-refractivity contribution is 5.82. The van der Waals surface area contributed by atoms with E-state index in [0.29, 0.717) is 22.9 Å². The molecule has 6 rings (SSSR count). The van der Waals surface area contributed by atoms with E-state index in [1.165, 1.54) is 12.8 Å². The summed E-state index contributed by atoms with van der Waals surface area (Å²) in [6.07, 6.45) is 2.38. The number of rotatable bonds is 7. The molecule has 4 heterocycles. The molecule has 0 unspecified atom stereocenters. The fourth-order valence-corrected chi connectivity index (χ4v) is 4.58. The van der Waals surface area contributed by atoms with Crippen LogP contribution in [0.2, 0.25) is 0 Å². The maximum Gasteiger partial charge on any atom is 0.326 e. The summed E-state index contributed by atoms with van der Waals surface area (Å²) >= 11 is 0. The van der Waals surface area contributed by atoms with Gasteiger partial charge in [0.05, 0.1) is 0 Å². The third kappa shape index (κ3) is 4.53. The molecule has 3 aromatic heterocycles. The summed E-state index contributed by atoms with van der Waals surface area (Å²) in [7, 11) is 0. The van der Waals surface area contributed by atoms with Gasteiger partial charge in [0.2, 0.25) is 0 Å². The maximum atomic E-state index is 15.2. The van der Waals surface area contributed by atoms with Crippen molar-refractivity contribution in [2.75, 3.05) is 42.9 Å². The summed E-state index contributed by atoms with van der Waals surface area (Å²) in [5.41, 5.74) is 2.74. The van der Waals surface area contributed by atoms with Gasteiger partial charge in [-0.3, -0.25) is 5.10 Å². The van der Waals surface area contributed by atoms with Gasteiger partial charge in [-0.15, -0.1) is 0 Å². The normalized spacial score (nSPS) is 16.7. The number of nitrogens with one attached hydrogen (secondary N) is 3. The average Bonchev–Trinajstić information content (AvgIpc) is 3.49. The lowest BCUT2D eigenvalue weighted by Crippen LogP contribution is -2.46. The molecule has 35 heavy (non-hydrogen) atoms. The molecule has 1 saturated heterocycles. The molecule has 2 aliphatic rings. The number of anilines is 3. The van der Waals surface area contributed by atoms with E-state index in [9.17, 15) is 0 Å². The van der Waals surface area contributed by atoms with Crippen molar-refractivity contribution in [1.29, 1.82) is 0 Å². The highest BCUT2D eigenvalue weighted by Crippen LogP contribution is 2.40. The van der Waals surface area contributed by atoms with Crippen molar-refractivity contribution < 1.29 is 9.13 Å². The third-order valence-corrected chi connectivity index (χ3v) is 6.74. The number of ether oxygens (including phenoxy) is 1. The van der Waals surface area contributed by atoms with Crippen LogP contribution in [0.1, 0.15) is 37.1 Å². The second-order valence-electron chi connectivity index (χ2n) is 9.32. The predicted octanol–water partition coefficient (Wildman–Crippen LogP) is 4.68. The minimum atomic E-state index is -0.437. The van der Waals surface area contributed by atoms with Gasteiger partial charge in [-0.1, -0.05) is 6.92 Å². The fraction of sp³-hybridized carbons (Fsp3) is 0.400. The summed E-state index contributed by atoms with van der Waals surface area (Å²) in [4.78, 5) is 16.9. The first-order valence-corrected chi connectivity index (χ1v) is 12.2. The van der Waals surface area contributed by atoms with E-state index in [0.717, 1.165) is 55.4 Å². The maximum absolute atomic E-state index is 15.2. The molecule has 1 aliphatic heterocycles. The number of halogens is 1. The molecule has 0 atom stereocenters. The van der Waals surface area contributed by atoms with E-state index in [4.69, 9.17) is 4.74 Å². The molecule has 1 saturated carbocycles. The second kappa shape index (κ2) is 8.84. The zero-order valence-electron chi connectivity index (χ0n) is 19.9. The summed E-state index contributed by atoms with van der Waals surface area (Å²) in [5.74, 6) is 2.21. The Morgan fingerprint density at radius 1 is 1.09 bits per heavy atom. The average molecular weight is 477 g/mol. The minimum absolute atomic E-state index is 0.0891. The number of piperazine rings is 1. The molecule has 10 heteroatoms. The van der Waals surface area contributed by atoms with Gasteiger partial charge in [0, 0.05) is 66.5 Å². The van der Waals surface area contributed by atoms with Crippen molar-refractivity contribution in [3.63, 3.8) is 0 Å². The van der Waals surface area contributed by atoms with Crippen LogP contribution in [-0.4, -0.2) is 62.8 Å². The lowest BCUT2D eigenvalue weighted by atomic mass is 10.2. The predicted molar refractivity (Wildman–Crippen MR) is 133 cm³/mol. The van der Waals surface area contributed by atoms with Crippen LogP contribution < -0.4 is 15.0 Å². The van der Waals surface area contributed by atoms with Crippen molar-refractivity contribution >= 4 is 28.4 Å². The Bertz CT molecular complexity index is 1350. The number of benzene rings is 1. The SMILES string of the molecule is CCN1CCN(c2cc(Nc3cc(C4CC4)[nH]n3)nc(Oc3ccc4[nH]c(C)cc4c3F)n2)CC1. The highest BCUT2D eigenvalue weighted by Gasteiger charge is 2.26. The first kappa shape index (κ1) is 21.8. The number of H-pyrrole nitrogens is 2. The van der Waals surface area contributed by atoms with Crippen molar-refractivity contribution in [2.24, 2.45) is 0 Å². The number of nitrogens with zero attached hydrogens (tertiary/aromatic N) is 5. The van der Waals surface area contributed by atoms with E-state index in [1.54, 1.807) is 18.2 Å². The second-order valence-corrected chi connectivity index (χ2v) is 9.32. The van der Waals surface area contributed by atoms with Crippen LogP contribution in [0.3, 0.4) is 0 Å². The molecule has 4 aromatic rings. The van der Waals surface area contributed by atoms with E-state index in [1.807, 2.05) is 19.1 Å². The Morgan fingerprint density at radius 2 is 1.91 bits per heavy atom. The van der Waals surface area contributed by atoms with Gasteiger partial charge < -0.3 is 24.8 Å². The third-order valence-electron chi connectivity index (χ3n) is 6.74. The Labute approximate surface area is 202 Å². The molecule has 3 N–H and O–H groups in total. The van der Waals surface area contributed by atoms with Crippen molar-refractivity contribution in [2.45, 2.75) is 32.6 Å². The summed E-state index contributed by atoms with van der Waals surface area (Å²) in [5, 5.41) is 11.2. The number of aryl methyl sites for hydroxylation is 1. The van der Waals surface area contributed by atoms with Gasteiger partial charge in [-0.05, 0) is 44.5 Å².